The summed E-state index contributed by atoms with van der Waals surface area (Å²) in [7, 11) is 133. The van der Waals surface area contributed by atoms with Crippen LogP contribution in [0.5, 0.6) is 0 Å². The van der Waals surface area contributed by atoms with Gasteiger partial charge in [0.15, 0.2) is 0 Å². The third-order valence-electron chi connectivity index (χ3n) is 8.22. The Kier molecular flexibility index (Phi) is 21.4. The topological polar surface area (TPSA) is 0 Å². The predicted octanol–water partition coefficient (Wildman–Crippen LogP) is -15.6. The maximum Gasteiger partial charge on any atom is 0 e. The molecule has 0 fully saturated rings. The molecule has 0 aromatic rings. The van der Waals surface area contributed by atoms with Crippen molar-refractivity contribution in [2.45, 2.75) is 0 Å². The molecule has 0 saturated heterocycles. The van der Waals surface area contributed by atoms with Gasteiger partial charge in [-0.05, 0) is 0 Å². The lowest BCUT2D eigenvalue weighted by Gasteiger charge is -2.54. The second kappa shape index (κ2) is 20.1. The van der Waals surface area contributed by atoms with Gasteiger partial charge < -0.3 is 0 Å². The van der Waals surface area contributed by atoms with Crippen molar-refractivity contribution in [2.75, 3.05) is 0 Å². The van der Waals surface area contributed by atoms with Crippen LogP contribution in [0, 0.1) is 0 Å². The van der Waals surface area contributed by atoms with Crippen LogP contribution in [-0.4, -0.2) is 291 Å². The molecule has 0 N–H and O–H groups in total. The molecule has 0 rings (SSSR count). The molecule has 0 unspecified atom stereocenters. The summed E-state index contributed by atoms with van der Waals surface area (Å²) >= 11 is 0. The molecule has 0 bridgehead atoms. The molecule has 41 heavy (non-hydrogen) atoms. The van der Waals surface area contributed by atoms with Gasteiger partial charge in [0.25, 0.3) is 0 Å². The maximum absolute atomic E-state index is 6.43. The van der Waals surface area contributed by atoms with Gasteiger partial charge in [-0.25, -0.2) is 0 Å². The van der Waals surface area contributed by atoms with Crippen LogP contribution in [0.25, 0.3) is 0 Å². The quantitative estimate of drug-likeness (QED) is 0.174. The zero-order valence-corrected chi connectivity index (χ0v) is 23.7. The molecule has 0 aromatic carbocycles. The van der Waals surface area contributed by atoms with Gasteiger partial charge in [0.1, 0.15) is 0 Å². The second-order valence-electron chi connectivity index (χ2n) is 11.2. The van der Waals surface area contributed by atoms with E-state index in [1.54, 1.807) is 0 Å². The van der Waals surface area contributed by atoms with E-state index in [-0.39, 0.29) is 0 Å². The summed E-state index contributed by atoms with van der Waals surface area (Å²) in [5, 5.41) is 0. The maximum atomic E-state index is 6.43. The van der Waals surface area contributed by atoms with E-state index in [1.165, 1.54) is 7.06 Å². The van der Waals surface area contributed by atoms with E-state index in [4.69, 9.17) is 162 Å². The first-order valence-corrected chi connectivity index (χ1v) is 13.3. The zero-order valence-electron chi connectivity index (χ0n) is 23.7. The van der Waals surface area contributed by atoms with Crippen molar-refractivity contribution in [3.63, 3.8) is 0 Å². The molecule has 43 radical (unpaired) electrons. The van der Waals surface area contributed by atoms with Crippen molar-refractivity contribution in [1.82, 2.24) is 0 Å². The summed E-state index contributed by atoms with van der Waals surface area (Å²) in [6.45, 7) is 0. The first-order valence-electron chi connectivity index (χ1n) is 13.3. The first kappa shape index (κ1) is 43.7. The minimum absolute atomic E-state index is 0.926. The monoisotopic (exact) mass is 451 g/mol. The Morgan fingerprint density at radius 1 is 0.220 bits per heavy atom. The Morgan fingerprint density at radius 2 is 0.390 bits per heavy atom. The standard InChI is InChI=1S/B41/c1-22-33(23(2)3)38(32(20)21)41(39(34(24(4)5)25(6)7)35(26(8)9)27(10)11)40(36(28(12)13)29(14)15)37(30(16)17)31(18)19. The molecule has 0 heterocycles. The molecule has 0 aliphatic rings. The Balaban J connectivity index is 8.46. The highest BCUT2D eigenvalue weighted by Gasteiger charge is 2.57. The minimum Gasteiger partial charge on any atom is 0 e. The predicted molar refractivity (Wildman–Crippen MR) is 236 cm³/mol. The minimum atomic E-state index is -1.23. The molecule has 123 valence electrons. The Hall–Kier alpha value is 2.66. The molecule has 0 amide bonds. The number of hydrogen-bond donors (Lipinski definition) is 0. The summed E-state index contributed by atoms with van der Waals surface area (Å²) in [5.41, 5.74) is 0. The largest absolute Gasteiger partial charge is 0 e. The second-order valence-corrected chi connectivity index (χ2v) is 11.2. The summed E-state index contributed by atoms with van der Waals surface area (Å²) in [6.07, 6.45) is -21.3. The third kappa shape index (κ3) is 12.0. The average Bonchev–Trinajstić information content (AvgIpc) is 2.76. The lowest BCUT2D eigenvalue weighted by molar-refractivity contribution is 3.21. The van der Waals surface area contributed by atoms with Crippen molar-refractivity contribution in [3.05, 3.63) is 0 Å². The van der Waals surface area contributed by atoms with Crippen LogP contribution in [0.1, 0.15) is 0 Å². The average molecular weight is 443 g/mol. The van der Waals surface area contributed by atoms with Crippen LogP contribution in [0.4, 0.5) is 0 Å². The van der Waals surface area contributed by atoms with Crippen LogP contribution < -0.4 is 0 Å². The van der Waals surface area contributed by atoms with Gasteiger partial charge in [-0.1, -0.05) is 0 Å². The van der Waals surface area contributed by atoms with Gasteiger partial charge in [-0.15, -0.1) is 0 Å². The molecule has 0 spiro atoms. The fraction of sp³-hybridized carbons (Fsp3) is 0. The van der Waals surface area contributed by atoms with Gasteiger partial charge in [-0.2, -0.15) is 0 Å². The van der Waals surface area contributed by atoms with Gasteiger partial charge in [-0.3, -0.25) is 0 Å². The SMILES string of the molecule is [B][B]B(B([B])[B])B(B([B])[B])B(B(B(B([B])[B])B([B])[B])B(B([B])[B])B([B])[B])B(B(B([B])[B])B([B])[B])B(B([B])[B])B([B])[B]. The van der Waals surface area contributed by atoms with E-state index in [0.717, 1.165) is 0 Å². The summed E-state index contributed by atoms with van der Waals surface area (Å²) in [4.78, 5) is 0. The van der Waals surface area contributed by atoms with Crippen LogP contribution in [0.15, 0.2) is 0 Å². The van der Waals surface area contributed by atoms with E-state index >= 15 is 0 Å². The molecule has 0 aliphatic heterocycles. The van der Waals surface area contributed by atoms with Gasteiger partial charge >= 0.3 is 0 Å². The van der Waals surface area contributed by atoms with Crippen molar-refractivity contribution < 1.29 is 0 Å². The molecule has 0 atom stereocenters. The van der Waals surface area contributed by atoms with Gasteiger partial charge in [0.2, 0.25) is 0 Å². The normalized spacial score (nSPS) is 9.56. The highest BCUT2D eigenvalue weighted by Crippen LogP contribution is 2.19. The highest BCUT2D eigenvalue weighted by molar-refractivity contribution is 8.32. The number of hydrogen-bond acceptors (Lipinski definition) is 0. The molecule has 0 nitrogen and oxygen atoms in total. The summed E-state index contributed by atoms with van der Waals surface area (Å²) in [5.74, 6) is 0. The highest BCUT2D eigenvalue weighted by atomic mass is 13.4. The van der Waals surface area contributed by atoms with E-state index in [9.17, 15) is 0 Å². The van der Waals surface area contributed by atoms with Crippen molar-refractivity contribution in [2.24, 2.45) is 0 Å². The molecular weight excluding hydrogens is 443 g/mol. The zero-order chi connectivity index (χ0) is 32.7. The lowest BCUT2D eigenvalue weighted by Crippen LogP contribution is -2.92. The molecule has 0 aromatic heterocycles. The number of rotatable bonds is 19. The molecule has 0 aliphatic carbocycles. The van der Waals surface area contributed by atoms with Crippen LogP contribution >= 0.6 is 0 Å². The van der Waals surface area contributed by atoms with E-state index < -0.39 is 121 Å². The fourth-order valence-corrected chi connectivity index (χ4v) is 6.67. The van der Waals surface area contributed by atoms with Crippen molar-refractivity contribution in [3.8, 4) is 0 Å². The van der Waals surface area contributed by atoms with Crippen molar-refractivity contribution in [1.29, 1.82) is 0 Å². The lowest BCUT2D eigenvalue weighted by atomic mass is 8.27. The van der Waals surface area contributed by atoms with Gasteiger partial charge in [0, 0.05) is 291 Å². The smallest absolute Gasteiger partial charge is 0 e. The molecule has 0 saturated carbocycles. The third-order valence-corrected chi connectivity index (χ3v) is 8.22. The molecule has 41 heteroatoms. The molecular formula is B41. The fourth-order valence-electron chi connectivity index (χ4n) is 6.67. The van der Waals surface area contributed by atoms with Crippen LogP contribution in [0.3, 0.4) is 0 Å². The summed E-state index contributed by atoms with van der Waals surface area (Å²) < 4.78 is 0. The Morgan fingerprint density at radius 3 is 0.512 bits per heavy atom. The van der Waals surface area contributed by atoms with E-state index in [2.05, 4.69) is 0 Å². The van der Waals surface area contributed by atoms with Gasteiger partial charge in [0.05, 0.1) is 0 Å². The van der Waals surface area contributed by atoms with E-state index in [1.807, 2.05) is 0 Å². The Bertz CT molecular complexity index is 544. The van der Waals surface area contributed by atoms with Crippen LogP contribution in [-0.2, 0) is 0 Å². The van der Waals surface area contributed by atoms with E-state index in [0.29, 0.717) is 0 Å². The first-order chi connectivity index (χ1) is 18.7. The van der Waals surface area contributed by atoms with Crippen LogP contribution in [0.2, 0.25) is 0 Å². The summed E-state index contributed by atoms with van der Waals surface area (Å²) in [6, 6.07) is 0. The van der Waals surface area contributed by atoms with Crippen molar-refractivity contribution >= 4 is 291 Å². The Labute approximate surface area is 288 Å².